The van der Waals surface area contributed by atoms with Gasteiger partial charge in [-0.2, -0.15) is 0 Å². The van der Waals surface area contributed by atoms with Gasteiger partial charge in [0.15, 0.2) is 17.5 Å². The Hall–Kier alpha value is -2.48. The number of carbonyl (C=O) groups is 1. The van der Waals surface area contributed by atoms with Gasteiger partial charge in [0.25, 0.3) is 15.9 Å². The van der Waals surface area contributed by atoms with Crippen LogP contribution in [0.25, 0.3) is 0 Å². The fourth-order valence-corrected chi connectivity index (χ4v) is 4.77. The van der Waals surface area contributed by atoms with E-state index in [1.807, 2.05) is 0 Å². The lowest BCUT2D eigenvalue weighted by Gasteiger charge is -2.12. The highest BCUT2D eigenvalue weighted by atomic mass is 79.9. The molecule has 3 aromatic rings. The van der Waals surface area contributed by atoms with Crippen LogP contribution in [0.3, 0.4) is 0 Å². The number of aromatic nitrogens is 1. The Morgan fingerprint density at radius 3 is 2.50 bits per heavy atom. The summed E-state index contributed by atoms with van der Waals surface area (Å²) in [4.78, 5) is 12.1. The number of aryl methyl sites for hydroxylation is 1. The molecule has 9 nitrogen and oxygen atoms in total. The topological polar surface area (TPSA) is 123 Å². The molecule has 2 aromatic carbocycles. The van der Waals surface area contributed by atoms with Gasteiger partial charge in [0.1, 0.15) is 11.5 Å². The highest BCUT2D eigenvalue weighted by molar-refractivity contribution is 9.11. The van der Waals surface area contributed by atoms with Gasteiger partial charge < -0.3 is 14.6 Å². The van der Waals surface area contributed by atoms with E-state index < -0.39 is 15.9 Å². The van der Waals surface area contributed by atoms with Crippen molar-refractivity contribution in [1.82, 2.24) is 10.5 Å². The third-order valence-corrected chi connectivity index (χ3v) is 6.48. The summed E-state index contributed by atoms with van der Waals surface area (Å²) in [6.07, 6.45) is 0. The Morgan fingerprint density at radius 1 is 1.16 bits per heavy atom. The second kappa shape index (κ2) is 10.4. The van der Waals surface area contributed by atoms with Crippen molar-refractivity contribution in [3.8, 4) is 5.75 Å². The van der Waals surface area contributed by atoms with Gasteiger partial charge in [0.2, 0.25) is 0 Å². The summed E-state index contributed by atoms with van der Waals surface area (Å²) in [5.41, 5.74) is 0.489. The Labute approximate surface area is 206 Å². The second-order valence-electron chi connectivity index (χ2n) is 6.32. The molecule has 0 unspecified atom stereocenters. The molecule has 0 aliphatic heterocycles. The molecule has 168 valence electrons. The van der Waals surface area contributed by atoms with Crippen molar-refractivity contribution in [1.29, 1.82) is 0 Å². The van der Waals surface area contributed by atoms with E-state index in [1.54, 1.807) is 25.1 Å². The summed E-state index contributed by atoms with van der Waals surface area (Å²) in [5, 5.41) is 8.95. The molecule has 0 atom stereocenters. The van der Waals surface area contributed by atoms with Gasteiger partial charge in [0, 0.05) is 16.2 Å². The maximum Gasteiger partial charge on any atom is 0.264 e. The van der Waals surface area contributed by atoms with E-state index in [4.69, 9.17) is 21.5 Å². The largest absolute Gasteiger partial charge is 0.483 e. The van der Waals surface area contributed by atoms with Crippen molar-refractivity contribution in [2.75, 3.05) is 16.6 Å². The molecule has 0 radical (unpaired) electrons. The Morgan fingerprint density at radius 2 is 1.88 bits per heavy atom. The lowest BCUT2D eigenvalue weighted by molar-refractivity contribution is -0.121. The zero-order valence-electron chi connectivity index (χ0n) is 16.4. The van der Waals surface area contributed by atoms with Crippen molar-refractivity contribution in [2.45, 2.75) is 11.8 Å². The smallest absolute Gasteiger partial charge is 0.264 e. The maximum absolute atomic E-state index is 12.4. The minimum atomic E-state index is -3.83. The first-order chi connectivity index (χ1) is 15.1. The molecule has 0 aliphatic rings. The number of hydrogen-bond acceptors (Lipinski definition) is 7. The first kappa shape index (κ1) is 24.2. The fourth-order valence-electron chi connectivity index (χ4n) is 2.39. The number of nitrogens with zero attached hydrogens (tertiary/aromatic N) is 1. The normalized spacial score (nSPS) is 11.0. The van der Waals surface area contributed by atoms with E-state index in [0.717, 1.165) is 4.47 Å². The minimum Gasteiger partial charge on any atom is -0.483 e. The predicted octanol–water partition coefficient (Wildman–Crippen LogP) is 4.20. The summed E-state index contributed by atoms with van der Waals surface area (Å²) < 4.78 is 39.0. The number of carbonyl (C=O) groups excluding carboxylic acids is 1. The van der Waals surface area contributed by atoms with Crippen molar-refractivity contribution >= 4 is 76.6 Å². The van der Waals surface area contributed by atoms with Gasteiger partial charge in [0.05, 0.1) is 9.37 Å². The summed E-state index contributed by atoms with van der Waals surface area (Å²) in [6.45, 7) is 1.41. The van der Waals surface area contributed by atoms with E-state index >= 15 is 0 Å². The van der Waals surface area contributed by atoms with Gasteiger partial charge >= 0.3 is 0 Å². The second-order valence-corrected chi connectivity index (χ2v) is 10.2. The van der Waals surface area contributed by atoms with Gasteiger partial charge in [-0.1, -0.05) is 21.1 Å². The Bertz CT molecular complexity index is 1250. The third-order valence-electron chi connectivity index (χ3n) is 3.80. The average Bonchev–Trinajstić information content (AvgIpc) is 3.11. The van der Waals surface area contributed by atoms with Gasteiger partial charge in [-0.25, -0.2) is 8.42 Å². The van der Waals surface area contributed by atoms with Crippen LogP contribution in [-0.2, 0) is 14.8 Å². The summed E-state index contributed by atoms with van der Waals surface area (Å²) in [7, 11) is -3.83. The quantitative estimate of drug-likeness (QED) is 0.343. The Kier molecular flexibility index (Phi) is 7.87. The molecular formula is C19H16Br2N4O5S2. The van der Waals surface area contributed by atoms with E-state index in [9.17, 15) is 13.2 Å². The van der Waals surface area contributed by atoms with Crippen molar-refractivity contribution in [3.05, 3.63) is 63.2 Å². The SMILES string of the molecule is Cc1cc(NS(=O)(=O)c2ccc(NC(=S)NC(=O)COc3ccc(Br)cc3Br)cc2)no1. The number of rotatable bonds is 7. The molecule has 0 fully saturated rings. The standard InChI is InChI=1S/C19H16Br2N4O5S2/c1-11-8-17(24-30-11)25-32(27,28)14-5-3-13(4-6-14)22-19(31)23-18(26)10-29-16-7-2-12(20)9-15(16)21/h2-9H,10H2,1H3,(H,24,25)(H2,22,23,26,31). The van der Waals surface area contributed by atoms with Crippen molar-refractivity contribution in [2.24, 2.45) is 0 Å². The van der Waals surface area contributed by atoms with Crippen molar-refractivity contribution < 1.29 is 22.5 Å². The summed E-state index contributed by atoms with van der Waals surface area (Å²) >= 11 is 11.8. The van der Waals surface area contributed by atoms with Gasteiger partial charge in [-0.15, -0.1) is 0 Å². The van der Waals surface area contributed by atoms with Crippen LogP contribution in [0.5, 0.6) is 5.75 Å². The molecule has 0 saturated heterocycles. The molecule has 1 heterocycles. The number of thiocarbonyl (C=S) groups is 1. The van der Waals surface area contributed by atoms with Crippen LogP contribution in [0.4, 0.5) is 11.5 Å². The number of benzene rings is 2. The number of halogens is 2. The van der Waals surface area contributed by atoms with E-state index in [1.165, 1.54) is 30.3 Å². The molecule has 3 rings (SSSR count). The summed E-state index contributed by atoms with van der Waals surface area (Å²) in [6, 6.07) is 12.6. The first-order valence-electron chi connectivity index (χ1n) is 8.87. The molecule has 0 bridgehead atoms. The predicted molar refractivity (Wildman–Crippen MR) is 130 cm³/mol. The molecule has 0 aliphatic carbocycles. The van der Waals surface area contributed by atoms with Gasteiger partial charge in [-0.3, -0.25) is 14.8 Å². The lowest BCUT2D eigenvalue weighted by atomic mass is 10.3. The molecule has 13 heteroatoms. The first-order valence-corrected chi connectivity index (χ1v) is 12.3. The summed E-state index contributed by atoms with van der Waals surface area (Å²) in [5.74, 6) is 0.621. The molecule has 1 amide bonds. The van der Waals surface area contributed by atoms with Crippen LogP contribution >= 0.6 is 44.1 Å². The van der Waals surface area contributed by atoms with E-state index in [2.05, 4.69) is 52.4 Å². The minimum absolute atomic E-state index is 0.0205. The van der Waals surface area contributed by atoms with Crippen LogP contribution in [0.1, 0.15) is 5.76 Å². The molecule has 32 heavy (non-hydrogen) atoms. The zero-order valence-corrected chi connectivity index (χ0v) is 21.2. The zero-order chi connectivity index (χ0) is 23.3. The van der Waals surface area contributed by atoms with Crippen LogP contribution < -0.4 is 20.1 Å². The maximum atomic E-state index is 12.4. The van der Waals surface area contributed by atoms with E-state index in [0.29, 0.717) is 21.7 Å². The number of ether oxygens (including phenoxy) is 1. The highest BCUT2D eigenvalue weighted by Gasteiger charge is 2.16. The monoisotopic (exact) mass is 602 g/mol. The number of sulfonamides is 1. The number of amides is 1. The molecule has 3 N–H and O–H groups in total. The van der Waals surface area contributed by atoms with Crippen LogP contribution in [-0.4, -0.2) is 31.2 Å². The van der Waals surface area contributed by atoms with Crippen LogP contribution in [0.2, 0.25) is 0 Å². The fraction of sp³-hybridized carbons (Fsp3) is 0.105. The number of nitrogens with one attached hydrogen (secondary N) is 3. The molecule has 0 spiro atoms. The van der Waals surface area contributed by atoms with Crippen LogP contribution in [0.15, 0.2) is 66.9 Å². The van der Waals surface area contributed by atoms with Crippen LogP contribution in [0, 0.1) is 6.92 Å². The van der Waals surface area contributed by atoms with E-state index in [-0.39, 0.29) is 22.4 Å². The van der Waals surface area contributed by atoms with Crippen molar-refractivity contribution in [3.63, 3.8) is 0 Å². The number of hydrogen-bond donors (Lipinski definition) is 3. The Balaban J connectivity index is 1.52. The molecule has 0 saturated carbocycles. The highest BCUT2D eigenvalue weighted by Crippen LogP contribution is 2.28. The molecule has 1 aromatic heterocycles. The number of anilines is 2. The lowest BCUT2D eigenvalue weighted by Crippen LogP contribution is -2.37. The third kappa shape index (κ3) is 6.76. The van der Waals surface area contributed by atoms with Gasteiger partial charge in [-0.05, 0) is 77.5 Å². The average molecular weight is 604 g/mol. The molecular weight excluding hydrogens is 588 g/mol.